The highest BCUT2D eigenvalue weighted by molar-refractivity contribution is 7.17. The minimum atomic E-state index is -0.0182. The van der Waals surface area contributed by atoms with Crippen molar-refractivity contribution >= 4 is 33.1 Å². The van der Waals surface area contributed by atoms with Crippen LogP contribution >= 0.6 is 11.3 Å². The number of amides is 2. The van der Waals surface area contributed by atoms with Gasteiger partial charge in [0.25, 0.3) is 0 Å². The summed E-state index contributed by atoms with van der Waals surface area (Å²) in [6, 6.07) is 6.70. The number of likely N-dealkylation sites (tertiary alicyclic amines) is 1. The van der Waals surface area contributed by atoms with E-state index in [0.717, 1.165) is 5.69 Å². The van der Waals surface area contributed by atoms with Crippen LogP contribution in [0.25, 0.3) is 10.1 Å². The van der Waals surface area contributed by atoms with Crippen LogP contribution in [0.5, 0.6) is 0 Å². The molecule has 0 spiro atoms. The number of anilines is 1. The third-order valence-electron chi connectivity index (χ3n) is 6.06. The molecule has 2 amide bonds. The van der Waals surface area contributed by atoms with Gasteiger partial charge in [-0.05, 0) is 107 Å². The van der Waals surface area contributed by atoms with E-state index in [-0.39, 0.29) is 18.1 Å². The molecular weight excluding hydrogens is 378 g/mol. The Labute approximate surface area is 180 Å². The van der Waals surface area contributed by atoms with E-state index >= 15 is 0 Å². The zero-order valence-electron chi connectivity index (χ0n) is 18.7. The fourth-order valence-corrected chi connectivity index (χ4v) is 5.57. The van der Waals surface area contributed by atoms with Gasteiger partial charge < -0.3 is 15.1 Å². The van der Waals surface area contributed by atoms with E-state index in [9.17, 15) is 4.79 Å². The maximum atomic E-state index is 12.8. The van der Waals surface area contributed by atoms with Crippen LogP contribution in [-0.4, -0.2) is 47.5 Å². The first-order chi connectivity index (χ1) is 13.9. The lowest BCUT2D eigenvalue weighted by Crippen LogP contribution is -2.44. The van der Waals surface area contributed by atoms with Crippen molar-refractivity contribution in [3.8, 4) is 0 Å². The zero-order valence-corrected chi connectivity index (χ0v) is 19.5. The summed E-state index contributed by atoms with van der Waals surface area (Å²) in [6.07, 6.45) is 5.05. The van der Waals surface area contributed by atoms with Crippen LogP contribution in [0.15, 0.2) is 23.6 Å². The highest BCUT2D eigenvalue weighted by Gasteiger charge is 2.23. The van der Waals surface area contributed by atoms with E-state index in [0.29, 0.717) is 5.92 Å². The average molecular weight is 416 g/mol. The highest BCUT2D eigenvalue weighted by atomic mass is 32.1. The Bertz CT molecular complexity index is 798. The largest absolute Gasteiger partial charge is 0.322 e. The van der Waals surface area contributed by atoms with Crippen molar-refractivity contribution in [1.29, 1.82) is 0 Å². The molecule has 160 valence electrons. The molecule has 1 fully saturated rings. The summed E-state index contributed by atoms with van der Waals surface area (Å²) in [6.45, 7) is 14.2. The number of carbonyl (C=O) groups is 1. The molecule has 1 aromatic carbocycles. The topological polar surface area (TPSA) is 35.6 Å². The molecule has 1 aliphatic heterocycles. The summed E-state index contributed by atoms with van der Waals surface area (Å²) < 4.78 is 1.32. The molecule has 5 heteroatoms. The Morgan fingerprint density at radius 3 is 2.52 bits per heavy atom. The molecule has 0 radical (unpaired) electrons. The number of urea groups is 1. The number of unbranched alkanes of at least 4 members (excludes halogenated alkanes) is 1. The molecular formula is C24H37N3OS. The number of thiophene rings is 1. The Hall–Kier alpha value is -1.59. The van der Waals surface area contributed by atoms with Gasteiger partial charge in [0.15, 0.2) is 0 Å². The summed E-state index contributed by atoms with van der Waals surface area (Å²) in [5.41, 5.74) is 2.37. The molecule has 29 heavy (non-hydrogen) atoms. The van der Waals surface area contributed by atoms with Crippen molar-refractivity contribution in [2.45, 2.75) is 78.3 Å². The zero-order chi connectivity index (χ0) is 21.0. The Kier molecular flexibility index (Phi) is 7.58. The first kappa shape index (κ1) is 22.1. The molecule has 2 heterocycles. The monoisotopic (exact) mass is 415 g/mol. The SMILES string of the molecule is CCCCN1CCC(c2csc3ccc(NC(=O)N(C(C)C)C(C)C)cc23)CC1. The number of benzene rings is 1. The molecule has 0 saturated carbocycles. The fraction of sp³-hybridized carbons (Fsp3) is 0.625. The van der Waals surface area contributed by atoms with Gasteiger partial charge in [-0.2, -0.15) is 0 Å². The Morgan fingerprint density at radius 1 is 1.21 bits per heavy atom. The summed E-state index contributed by atoms with van der Waals surface area (Å²) in [5, 5.41) is 6.79. The maximum Gasteiger partial charge on any atom is 0.322 e. The molecule has 0 atom stereocenters. The third-order valence-corrected chi connectivity index (χ3v) is 7.04. The number of fused-ring (bicyclic) bond motifs is 1. The number of piperidine rings is 1. The summed E-state index contributed by atoms with van der Waals surface area (Å²) in [5.74, 6) is 0.635. The minimum Gasteiger partial charge on any atom is -0.320 e. The van der Waals surface area contributed by atoms with Gasteiger partial charge in [0, 0.05) is 22.5 Å². The van der Waals surface area contributed by atoms with Gasteiger partial charge in [-0.25, -0.2) is 4.79 Å². The second kappa shape index (κ2) is 9.94. The second-order valence-corrected chi connectivity index (χ2v) is 9.81. The number of nitrogens with zero attached hydrogens (tertiary/aromatic N) is 2. The molecule has 1 aromatic heterocycles. The summed E-state index contributed by atoms with van der Waals surface area (Å²) >= 11 is 1.83. The second-order valence-electron chi connectivity index (χ2n) is 8.90. The van der Waals surface area contributed by atoms with E-state index in [4.69, 9.17) is 0 Å². The Balaban J connectivity index is 1.73. The van der Waals surface area contributed by atoms with E-state index in [2.05, 4.69) is 62.3 Å². The van der Waals surface area contributed by atoms with Crippen molar-refractivity contribution in [2.24, 2.45) is 0 Å². The van der Waals surface area contributed by atoms with Gasteiger partial charge in [-0.15, -0.1) is 11.3 Å². The van der Waals surface area contributed by atoms with Gasteiger partial charge in [0.05, 0.1) is 0 Å². The first-order valence-electron chi connectivity index (χ1n) is 11.2. The van der Waals surface area contributed by atoms with E-state index in [1.165, 1.54) is 61.0 Å². The fourth-order valence-electron chi connectivity index (χ4n) is 4.55. The molecule has 4 nitrogen and oxygen atoms in total. The lowest BCUT2D eigenvalue weighted by atomic mass is 9.89. The third kappa shape index (κ3) is 5.32. The van der Waals surface area contributed by atoms with Gasteiger partial charge >= 0.3 is 6.03 Å². The van der Waals surface area contributed by atoms with Crippen LogP contribution in [0.1, 0.15) is 71.8 Å². The molecule has 1 aliphatic rings. The lowest BCUT2D eigenvalue weighted by Gasteiger charge is -2.32. The van der Waals surface area contributed by atoms with Gasteiger partial charge in [0.1, 0.15) is 0 Å². The summed E-state index contributed by atoms with van der Waals surface area (Å²) in [4.78, 5) is 17.3. The van der Waals surface area contributed by atoms with Crippen LogP contribution in [0.4, 0.5) is 10.5 Å². The van der Waals surface area contributed by atoms with E-state index in [1.54, 1.807) is 0 Å². The van der Waals surface area contributed by atoms with Crippen molar-refractivity contribution in [2.75, 3.05) is 25.0 Å². The number of carbonyl (C=O) groups excluding carboxylic acids is 1. The van der Waals surface area contributed by atoms with Gasteiger partial charge in [-0.3, -0.25) is 0 Å². The highest BCUT2D eigenvalue weighted by Crippen LogP contribution is 2.38. The number of hydrogen-bond acceptors (Lipinski definition) is 3. The quantitative estimate of drug-likeness (QED) is 0.558. The van der Waals surface area contributed by atoms with Crippen molar-refractivity contribution in [3.63, 3.8) is 0 Å². The molecule has 0 unspecified atom stereocenters. The number of nitrogens with one attached hydrogen (secondary N) is 1. The predicted octanol–water partition coefficient (Wildman–Crippen LogP) is 6.53. The maximum absolute atomic E-state index is 12.8. The standard InChI is InChI=1S/C24H37N3OS/c1-6-7-12-26-13-10-19(11-14-26)22-16-29-23-9-8-20(15-21(22)23)25-24(28)27(17(2)3)18(4)5/h8-9,15-19H,6-7,10-14H2,1-5H3,(H,25,28). The van der Waals surface area contributed by atoms with Crippen molar-refractivity contribution < 1.29 is 4.79 Å². The van der Waals surface area contributed by atoms with Crippen LogP contribution in [0.3, 0.4) is 0 Å². The molecule has 2 aromatic rings. The molecule has 0 bridgehead atoms. The van der Waals surface area contributed by atoms with Gasteiger partial charge in [0.2, 0.25) is 0 Å². The smallest absolute Gasteiger partial charge is 0.320 e. The minimum absolute atomic E-state index is 0.0182. The Morgan fingerprint density at radius 2 is 1.90 bits per heavy atom. The molecule has 3 rings (SSSR count). The van der Waals surface area contributed by atoms with Gasteiger partial charge in [-0.1, -0.05) is 13.3 Å². The molecule has 1 saturated heterocycles. The summed E-state index contributed by atoms with van der Waals surface area (Å²) in [7, 11) is 0. The predicted molar refractivity (Wildman–Crippen MR) is 126 cm³/mol. The van der Waals surface area contributed by atoms with Crippen LogP contribution in [0.2, 0.25) is 0 Å². The average Bonchev–Trinajstić information content (AvgIpc) is 3.09. The van der Waals surface area contributed by atoms with Crippen LogP contribution < -0.4 is 5.32 Å². The first-order valence-corrected chi connectivity index (χ1v) is 12.1. The lowest BCUT2D eigenvalue weighted by molar-refractivity contribution is 0.178. The van der Waals surface area contributed by atoms with Crippen LogP contribution in [0, 0.1) is 0 Å². The molecule has 0 aliphatic carbocycles. The number of rotatable bonds is 7. The van der Waals surface area contributed by atoms with Crippen LogP contribution in [-0.2, 0) is 0 Å². The van der Waals surface area contributed by atoms with E-state index < -0.39 is 0 Å². The van der Waals surface area contributed by atoms with Crippen molar-refractivity contribution in [1.82, 2.24) is 9.80 Å². The van der Waals surface area contributed by atoms with Crippen molar-refractivity contribution in [3.05, 3.63) is 29.1 Å². The normalized spacial score (nSPS) is 16.1. The number of hydrogen-bond donors (Lipinski definition) is 1. The van der Waals surface area contributed by atoms with E-state index in [1.807, 2.05) is 22.3 Å². The molecule has 1 N–H and O–H groups in total.